The number of carbonyl (C=O) groups is 1. The highest BCUT2D eigenvalue weighted by Gasteiger charge is 2.34. The number of pyridine rings is 1. The number of alkyl halides is 3. The van der Waals surface area contributed by atoms with Gasteiger partial charge in [0.05, 0.1) is 27.8 Å². The first-order chi connectivity index (χ1) is 16.9. The molecule has 0 unspecified atom stereocenters. The maximum atomic E-state index is 13.3. The molecule has 1 aromatic carbocycles. The lowest BCUT2D eigenvalue weighted by Gasteiger charge is -2.17. The zero-order valence-electron chi connectivity index (χ0n) is 21.1. The topological polar surface area (TPSA) is 80.4 Å². The Morgan fingerprint density at radius 3 is 2.47 bits per heavy atom. The van der Waals surface area contributed by atoms with Crippen molar-refractivity contribution in [2.75, 3.05) is 13.1 Å². The van der Waals surface area contributed by atoms with Crippen LogP contribution in [0.1, 0.15) is 68.6 Å². The summed E-state index contributed by atoms with van der Waals surface area (Å²) in [5, 5.41) is 2.81. The molecular formula is C27H34ClF3N4O. The van der Waals surface area contributed by atoms with Crippen LogP contribution in [0.2, 0.25) is 5.02 Å². The van der Waals surface area contributed by atoms with Gasteiger partial charge in [0.25, 0.3) is 0 Å². The molecule has 0 radical (unpaired) electrons. The van der Waals surface area contributed by atoms with E-state index in [1.54, 1.807) is 31.3 Å². The summed E-state index contributed by atoms with van der Waals surface area (Å²) in [5.74, 6) is 0.802. The Bertz CT molecular complexity index is 1080. The minimum absolute atomic E-state index is 0.174. The number of nitrogens with two attached hydrogens (primary N) is 1. The second kappa shape index (κ2) is 13.6. The van der Waals surface area contributed by atoms with Gasteiger partial charge in [0.15, 0.2) is 5.78 Å². The van der Waals surface area contributed by atoms with Crippen LogP contribution in [0.15, 0.2) is 53.2 Å². The van der Waals surface area contributed by atoms with Crippen molar-refractivity contribution in [3.8, 4) is 0 Å². The standard InChI is InChI=1S/C27H34ClF3N4O/c1-17(2)14-18(3)16-33-13-11-20(26(35-19(4)32)23-10-5-6-12-34-23)15-24(36)21-8-7-9-22(25(21)28)27(29,30)31/h5-10,12,17-18,33H,11,13-16H2,1-4H3,(H2,32,35)/b26-20-/t18-/m1/s1. The van der Waals surface area contributed by atoms with Crippen molar-refractivity contribution in [1.82, 2.24) is 10.3 Å². The Morgan fingerprint density at radius 2 is 1.89 bits per heavy atom. The zero-order valence-corrected chi connectivity index (χ0v) is 21.9. The summed E-state index contributed by atoms with van der Waals surface area (Å²) in [7, 11) is 0. The molecule has 2 rings (SSSR count). The van der Waals surface area contributed by atoms with Crippen LogP contribution in [-0.4, -0.2) is 29.7 Å². The maximum Gasteiger partial charge on any atom is 0.417 e. The van der Waals surface area contributed by atoms with E-state index in [0.29, 0.717) is 41.8 Å². The molecule has 36 heavy (non-hydrogen) atoms. The number of ketones is 1. The Kier molecular flexibility index (Phi) is 11.1. The van der Waals surface area contributed by atoms with Crippen LogP contribution in [0.3, 0.4) is 0 Å². The highest BCUT2D eigenvalue weighted by Crippen LogP contribution is 2.37. The predicted molar refractivity (Wildman–Crippen MR) is 140 cm³/mol. The monoisotopic (exact) mass is 522 g/mol. The summed E-state index contributed by atoms with van der Waals surface area (Å²) >= 11 is 6.03. The molecule has 0 aliphatic rings. The molecule has 0 aliphatic heterocycles. The number of Topliss-reactive ketones (excluding diaryl/α,β-unsaturated/α-hetero) is 1. The number of benzene rings is 1. The minimum Gasteiger partial charge on any atom is -0.387 e. The number of carbonyl (C=O) groups excluding carboxylic acids is 1. The van der Waals surface area contributed by atoms with E-state index in [0.717, 1.165) is 19.0 Å². The van der Waals surface area contributed by atoms with Crippen LogP contribution >= 0.6 is 11.6 Å². The van der Waals surface area contributed by atoms with E-state index in [2.05, 4.69) is 36.1 Å². The van der Waals surface area contributed by atoms with Gasteiger partial charge in [-0.25, -0.2) is 4.99 Å². The van der Waals surface area contributed by atoms with E-state index in [1.807, 2.05) is 0 Å². The molecule has 1 aromatic heterocycles. The number of hydrogen-bond acceptors (Lipinski definition) is 4. The van der Waals surface area contributed by atoms with E-state index in [9.17, 15) is 18.0 Å². The molecule has 0 spiro atoms. The van der Waals surface area contributed by atoms with Gasteiger partial charge in [0.1, 0.15) is 0 Å². The van der Waals surface area contributed by atoms with Gasteiger partial charge < -0.3 is 11.1 Å². The lowest BCUT2D eigenvalue weighted by atomic mass is 9.96. The number of amidine groups is 1. The average Bonchev–Trinajstić information content (AvgIpc) is 2.78. The lowest BCUT2D eigenvalue weighted by Crippen LogP contribution is -2.24. The molecule has 0 fully saturated rings. The van der Waals surface area contributed by atoms with Crippen molar-refractivity contribution in [2.45, 2.75) is 53.1 Å². The summed E-state index contributed by atoms with van der Waals surface area (Å²) < 4.78 is 40.0. The van der Waals surface area contributed by atoms with Crippen molar-refractivity contribution < 1.29 is 18.0 Å². The molecule has 5 nitrogen and oxygen atoms in total. The van der Waals surface area contributed by atoms with Crippen LogP contribution in [0.5, 0.6) is 0 Å². The molecule has 1 atom stereocenters. The lowest BCUT2D eigenvalue weighted by molar-refractivity contribution is -0.137. The Balaban J connectivity index is 2.41. The Hall–Kier alpha value is -2.71. The van der Waals surface area contributed by atoms with Gasteiger partial charge in [-0.3, -0.25) is 9.78 Å². The van der Waals surface area contributed by atoms with Crippen LogP contribution in [-0.2, 0) is 6.18 Å². The number of nitrogens with one attached hydrogen (secondary N) is 1. The first kappa shape index (κ1) is 29.5. The van der Waals surface area contributed by atoms with Gasteiger partial charge >= 0.3 is 6.18 Å². The average molecular weight is 523 g/mol. The minimum atomic E-state index is -4.66. The van der Waals surface area contributed by atoms with Gasteiger partial charge in [-0.15, -0.1) is 0 Å². The fourth-order valence-corrected chi connectivity index (χ4v) is 4.36. The third-order valence-corrected chi connectivity index (χ3v) is 5.89. The zero-order chi connectivity index (χ0) is 26.9. The third kappa shape index (κ3) is 9.06. The van der Waals surface area contributed by atoms with E-state index in [1.165, 1.54) is 12.1 Å². The molecule has 0 saturated carbocycles. The van der Waals surface area contributed by atoms with Crippen molar-refractivity contribution in [3.63, 3.8) is 0 Å². The molecule has 9 heteroatoms. The fourth-order valence-electron chi connectivity index (χ4n) is 4.02. The van der Waals surface area contributed by atoms with Crippen molar-refractivity contribution in [1.29, 1.82) is 0 Å². The normalized spacial score (nSPS) is 14.1. The van der Waals surface area contributed by atoms with E-state index in [-0.39, 0.29) is 17.8 Å². The maximum absolute atomic E-state index is 13.3. The van der Waals surface area contributed by atoms with Crippen molar-refractivity contribution in [2.24, 2.45) is 22.6 Å². The van der Waals surface area contributed by atoms with Gasteiger partial charge in [-0.2, -0.15) is 13.2 Å². The number of rotatable bonds is 12. The summed E-state index contributed by atoms with van der Waals surface area (Å²) in [6, 6.07) is 8.65. The highest BCUT2D eigenvalue weighted by molar-refractivity contribution is 6.34. The summed E-state index contributed by atoms with van der Waals surface area (Å²) in [6.45, 7) is 9.50. The molecule has 2 aromatic rings. The number of halogens is 4. The third-order valence-electron chi connectivity index (χ3n) is 5.48. The summed E-state index contributed by atoms with van der Waals surface area (Å²) in [5.41, 5.74) is 6.23. The summed E-state index contributed by atoms with van der Waals surface area (Å²) in [4.78, 5) is 22.0. The van der Waals surface area contributed by atoms with Gasteiger partial charge in [0, 0.05) is 18.2 Å². The quantitative estimate of drug-likeness (QED) is 0.139. The molecule has 196 valence electrons. The van der Waals surface area contributed by atoms with Crippen LogP contribution in [0, 0.1) is 11.8 Å². The van der Waals surface area contributed by atoms with Crippen molar-refractivity contribution >= 4 is 28.9 Å². The summed E-state index contributed by atoms with van der Waals surface area (Å²) in [6.07, 6.45) is -1.72. The number of aliphatic imine (C=N–C) groups is 1. The first-order valence-electron chi connectivity index (χ1n) is 11.9. The van der Waals surface area contributed by atoms with Gasteiger partial charge in [-0.1, -0.05) is 44.5 Å². The second-order valence-electron chi connectivity index (χ2n) is 9.37. The predicted octanol–water partition coefficient (Wildman–Crippen LogP) is 6.78. The molecule has 3 N–H and O–H groups in total. The van der Waals surface area contributed by atoms with E-state index in [4.69, 9.17) is 17.3 Å². The first-order valence-corrected chi connectivity index (χ1v) is 12.3. The highest BCUT2D eigenvalue weighted by atomic mass is 35.5. The number of aromatic nitrogens is 1. The van der Waals surface area contributed by atoms with Crippen LogP contribution < -0.4 is 11.1 Å². The van der Waals surface area contributed by atoms with Crippen LogP contribution in [0.4, 0.5) is 13.2 Å². The second-order valence-corrected chi connectivity index (χ2v) is 9.75. The Labute approximate surface area is 216 Å². The largest absolute Gasteiger partial charge is 0.417 e. The Morgan fingerprint density at radius 1 is 1.17 bits per heavy atom. The van der Waals surface area contributed by atoms with E-state index < -0.39 is 22.5 Å². The fraction of sp³-hybridized carbons (Fsp3) is 0.444. The molecular weight excluding hydrogens is 489 g/mol. The molecule has 1 heterocycles. The van der Waals surface area contributed by atoms with E-state index >= 15 is 0 Å². The number of nitrogens with zero attached hydrogens (tertiary/aromatic N) is 2. The molecule has 0 aliphatic carbocycles. The smallest absolute Gasteiger partial charge is 0.387 e. The number of hydrogen-bond donors (Lipinski definition) is 2. The van der Waals surface area contributed by atoms with Gasteiger partial charge in [0.2, 0.25) is 0 Å². The molecule has 0 saturated heterocycles. The molecule has 0 amide bonds. The molecule has 0 bridgehead atoms. The SMILES string of the molecule is C/C(N)=N/C(=C(/CCNC[C@H](C)CC(C)C)CC(=O)c1cccc(C(F)(F)F)c1Cl)c1ccccn1. The van der Waals surface area contributed by atoms with Crippen LogP contribution in [0.25, 0.3) is 5.70 Å². The van der Waals surface area contributed by atoms with Gasteiger partial charge in [-0.05, 0) is 74.5 Å². The van der Waals surface area contributed by atoms with Crippen molar-refractivity contribution in [3.05, 3.63) is 70.0 Å².